The minimum Gasteiger partial charge on any atom is -0.223 e. The number of nitrogens with zero attached hydrogens (tertiary/aromatic N) is 2. The van der Waals surface area contributed by atoms with Crippen LogP contribution in [0.25, 0.3) is 0 Å². The van der Waals surface area contributed by atoms with Gasteiger partial charge >= 0.3 is 0 Å². The lowest BCUT2D eigenvalue weighted by Crippen LogP contribution is -1.99. The Morgan fingerprint density at radius 3 is 2.59 bits per heavy atom. The fourth-order valence-electron chi connectivity index (χ4n) is 1.32. The first kappa shape index (κ1) is 14.2. The zero-order valence-electron chi connectivity index (χ0n) is 8.53. The van der Waals surface area contributed by atoms with Gasteiger partial charge in [0.25, 0.3) is 0 Å². The third kappa shape index (κ3) is 3.53. The maximum atomic E-state index is 13.4. The highest BCUT2D eigenvalue weighted by molar-refractivity contribution is 6.31. The van der Waals surface area contributed by atoms with Crippen LogP contribution in [-0.4, -0.2) is 9.97 Å². The van der Waals surface area contributed by atoms with Crippen molar-refractivity contribution < 1.29 is 4.39 Å². The molecule has 0 saturated carbocycles. The molecule has 0 fully saturated rings. The molecule has 0 N–H and O–H groups in total. The van der Waals surface area contributed by atoms with Crippen LogP contribution < -0.4 is 0 Å². The van der Waals surface area contributed by atoms with Crippen LogP contribution in [0.3, 0.4) is 0 Å². The molecule has 0 spiro atoms. The van der Waals surface area contributed by atoms with Gasteiger partial charge in [-0.25, -0.2) is 14.4 Å². The van der Waals surface area contributed by atoms with Crippen LogP contribution in [0.5, 0.6) is 0 Å². The molecule has 1 aromatic carbocycles. The van der Waals surface area contributed by atoms with Crippen molar-refractivity contribution in [1.82, 2.24) is 9.97 Å². The Labute approximate surface area is 114 Å². The normalized spacial score (nSPS) is 9.82. The van der Waals surface area contributed by atoms with E-state index in [2.05, 4.69) is 9.97 Å². The summed E-state index contributed by atoms with van der Waals surface area (Å²) in [6.07, 6.45) is 1.36. The Balaban J connectivity index is 0.00000144. The molecule has 2 nitrogen and oxygen atoms in total. The average Bonchev–Trinajstić information content (AvgIpc) is 2.27. The number of aromatic nitrogens is 2. The van der Waals surface area contributed by atoms with Crippen molar-refractivity contribution in [3.63, 3.8) is 0 Å². The maximum Gasteiger partial charge on any atom is 0.222 e. The van der Waals surface area contributed by atoms with Crippen molar-refractivity contribution in [2.75, 3.05) is 0 Å². The molecule has 2 rings (SSSR count). The second-order valence-corrected chi connectivity index (χ2v) is 3.95. The van der Waals surface area contributed by atoms with Gasteiger partial charge in [-0.3, -0.25) is 0 Å². The van der Waals surface area contributed by atoms with E-state index in [1.165, 1.54) is 0 Å². The number of halogens is 4. The summed E-state index contributed by atoms with van der Waals surface area (Å²) in [6.45, 7) is 0. The lowest BCUT2D eigenvalue weighted by Gasteiger charge is -2.04. The molecule has 0 aliphatic rings. The van der Waals surface area contributed by atoms with E-state index in [-0.39, 0.29) is 23.4 Å². The Bertz CT molecular complexity index is 520. The average molecular weight is 294 g/mol. The minimum atomic E-state index is -0.482. The zero-order valence-corrected chi connectivity index (χ0v) is 10.9. The predicted octanol–water partition coefficient (Wildman–Crippen LogP) is 3.94. The summed E-state index contributed by atoms with van der Waals surface area (Å²) in [5.41, 5.74) is 1.05. The van der Waals surface area contributed by atoms with Gasteiger partial charge in [-0.2, -0.15) is 0 Å². The molecule has 0 bridgehead atoms. The highest BCUT2D eigenvalue weighted by atomic mass is 35.5. The van der Waals surface area contributed by atoms with Gasteiger partial charge in [-0.05, 0) is 23.2 Å². The van der Waals surface area contributed by atoms with Crippen LogP contribution in [0.2, 0.25) is 10.3 Å². The van der Waals surface area contributed by atoms with E-state index in [9.17, 15) is 4.39 Å². The molecule has 6 heteroatoms. The Morgan fingerprint density at radius 2 is 1.88 bits per heavy atom. The lowest BCUT2D eigenvalue weighted by atomic mass is 10.1. The van der Waals surface area contributed by atoms with Gasteiger partial charge in [0, 0.05) is 11.4 Å². The van der Waals surface area contributed by atoms with Crippen molar-refractivity contribution in [3.05, 3.63) is 57.8 Å². The van der Waals surface area contributed by atoms with Gasteiger partial charge < -0.3 is 0 Å². The van der Waals surface area contributed by atoms with Crippen molar-refractivity contribution >= 4 is 35.6 Å². The number of benzene rings is 1. The number of rotatable bonds is 2. The van der Waals surface area contributed by atoms with Crippen molar-refractivity contribution in [3.8, 4) is 0 Å². The van der Waals surface area contributed by atoms with E-state index < -0.39 is 5.82 Å². The highest BCUT2D eigenvalue weighted by Gasteiger charge is 2.08. The molecule has 0 aliphatic carbocycles. The van der Waals surface area contributed by atoms with Crippen molar-refractivity contribution in [2.24, 2.45) is 0 Å². The summed E-state index contributed by atoms with van der Waals surface area (Å²) in [5, 5.41) is 0.611. The van der Waals surface area contributed by atoms with Gasteiger partial charge in [-0.1, -0.05) is 29.8 Å². The molecular weight excluding hydrogens is 285 g/mol. The quantitative estimate of drug-likeness (QED) is 0.784. The highest BCUT2D eigenvalue weighted by Crippen LogP contribution is 2.19. The third-order valence-electron chi connectivity index (χ3n) is 2.10. The smallest absolute Gasteiger partial charge is 0.222 e. The Kier molecular flexibility index (Phi) is 5.12. The van der Waals surface area contributed by atoms with Gasteiger partial charge in [-0.15, -0.1) is 12.4 Å². The fraction of sp³-hybridized carbons (Fsp3) is 0.0909. The van der Waals surface area contributed by atoms with E-state index >= 15 is 0 Å². The summed E-state index contributed by atoms with van der Waals surface area (Å²) < 4.78 is 13.4. The molecule has 1 heterocycles. The molecule has 0 aliphatic heterocycles. The first-order valence-electron chi connectivity index (χ1n) is 4.57. The summed E-state index contributed by atoms with van der Waals surface area (Å²) in [5.74, 6) is -0.482. The van der Waals surface area contributed by atoms with E-state index in [4.69, 9.17) is 23.2 Å². The van der Waals surface area contributed by atoms with Crippen LogP contribution >= 0.6 is 35.6 Å². The van der Waals surface area contributed by atoms with Crippen LogP contribution in [0.15, 0.2) is 30.5 Å². The van der Waals surface area contributed by atoms with E-state index in [0.29, 0.717) is 11.4 Å². The number of hydrogen-bond acceptors (Lipinski definition) is 2. The standard InChI is InChI=1S/C11H7Cl2FN2.ClH/c12-8-4-2-1-3-7(8)5-10-9(14)6-15-11(13)16-10;/h1-4,6H,5H2;1H. The van der Waals surface area contributed by atoms with Crippen LogP contribution in [0, 0.1) is 5.82 Å². The van der Waals surface area contributed by atoms with Crippen LogP contribution in [0.4, 0.5) is 4.39 Å². The van der Waals surface area contributed by atoms with E-state index in [1.807, 2.05) is 18.2 Å². The molecule has 17 heavy (non-hydrogen) atoms. The largest absolute Gasteiger partial charge is 0.223 e. The minimum absolute atomic E-state index is 0. The summed E-state index contributed by atoms with van der Waals surface area (Å²) in [6, 6.07) is 7.21. The molecular formula is C11H8Cl3FN2. The predicted molar refractivity (Wildman–Crippen MR) is 68.5 cm³/mol. The fourth-order valence-corrected chi connectivity index (χ4v) is 1.68. The second kappa shape index (κ2) is 6.15. The molecule has 0 atom stereocenters. The molecule has 0 unspecified atom stereocenters. The van der Waals surface area contributed by atoms with Gasteiger partial charge in [0.2, 0.25) is 5.28 Å². The molecule has 0 radical (unpaired) electrons. The van der Waals surface area contributed by atoms with Crippen LogP contribution in [-0.2, 0) is 6.42 Å². The summed E-state index contributed by atoms with van der Waals surface area (Å²) >= 11 is 11.6. The first-order valence-corrected chi connectivity index (χ1v) is 5.33. The Morgan fingerprint density at radius 1 is 1.18 bits per heavy atom. The SMILES string of the molecule is Cl.Fc1cnc(Cl)nc1Cc1ccccc1Cl. The maximum absolute atomic E-state index is 13.4. The van der Waals surface area contributed by atoms with Crippen LogP contribution in [0.1, 0.15) is 11.3 Å². The summed E-state index contributed by atoms with van der Waals surface area (Å²) in [4.78, 5) is 7.38. The van der Waals surface area contributed by atoms with Gasteiger partial charge in [0.1, 0.15) is 0 Å². The van der Waals surface area contributed by atoms with Gasteiger partial charge in [0.15, 0.2) is 5.82 Å². The second-order valence-electron chi connectivity index (χ2n) is 3.20. The molecule has 1 aromatic heterocycles. The Hall–Kier alpha value is -0.900. The van der Waals surface area contributed by atoms with Crippen molar-refractivity contribution in [2.45, 2.75) is 6.42 Å². The molecule has 0 amide bonds. The van der Waals surface area contributed by atoms with Gasteiger partial charge in [0.05, 0.1) is 11.9 Å². The zero-order chi connectivity index (χ0) is 11.5. The molecule has 2 aromatic rings. The summed E-state index contributed by atoms with van der Waals surface area (Å²) in [7, 11) is 0. The van der Waals surface area contributed by atoms with E-state index in [1.54, 1.807) is 6.07 Å². The third-order valence-corrected chi connectivity index (χ3v) is 2.65. The monoisotopic (exact) mass is 292 g/mol. The lowest BCUT2D eigenvalue weighted by molar-refractivity contribution is 0.595. The number of hydrogen-bond donors (Lipinski definition) is 0. The molecule has 0 saturated heterocycles. The molecule has 90 valence electrons. The van der Waals surface area contributed by atoms with E-state index in [0.717, 1.165) is 11.8 Å². The van der Waals surface area contributed by atoms with Crippen molar-refractivity contribution in [1.29, 1.82) is 0 Å². The first-order chi connectivity index (χ1) is 7.66. The topological polar surface area (TPSA) is 25.8 Å².